The monoisotopic (exact) mass is 258 g/mol. The second kappa shape index (κ2) is 5.69. The summed E-state index contributed by atoms with van der Waals surface area (Å²) in [7, 11) is 0. The number of thioether (sulfide) groups is 1. The van der Waals surface area contributed by atoms with Crippen molar-refractivity contribution in [3.8, 4) is 0 Å². The van der Waals surface area contributed by atoms with Crippen molar-refractivity contribution >= 4 is 17.4 Å². The molecule has 2 N–H and O–H groups in total. The fourth-order valence-corrected chi connectivity index (χ4v) is 2.81. The van der Waals surface area contributed by atoms with Gasteiger partial charge in [-0.25, -0.2) is 0 Å². The molecule has 1 atom stereocenters. The molecule has 1 aromatic carbocycles. The lowest BCUT2D eigenvalue weighted by Gasteiger charge is -2.33. The average molecular weight is 258 g/mol. The molecule has 0 aliphatic carbocycles. The number of nitrogens with two attached hydrogens (primary N) is 1. The maximum atomic E-state index is 12.5. The number of piperidine rings is 1. The SMILES string of the molecule is NC1CCCN(c2ccccc2SC(F)F)C1. The minimum atomic E-state index is -2.38. The van der Waals surface area contributed by atoms with Crippen LogP contribution in [0.3, 0.4) is 0 Å². The molecule has 0 saturated carbocycles. The molecular formula is C12H16F2N2S. The van der Waals surface area contributed by atoms with E-state index in [4.69, 9.17) is 5.73 Å². The van der Waals surface area contributed by atoms with E-state index in [1.165, 1.54) is 0 Å². The van der Waals surface area contributed by atoms with E-state index in [9.17, 15) is 8.78 Å². The number of benzene rings is 1. The molecule has 1 saturated heterocycles. The highest BCUT2D eigenvalue weighted by Crippen LogP contribution is 2.34. The predicted molar refractivity (Wildman–Crippen MR) is 67.7 cm³/mol. The van der Waals surface area contributed by atoms with Gasteiger partial charge >= 0.3 is 0 Å². The van der Waals surface area contributed by atoms with Crippen LogP contribution in [0, 0.1) is 0 Å². The van der Waals surface area contributed by atoms with Crippen molar-refractivity contribution in [3.05, 3.63) is 24.3 Å². The molecule has 0 aromatic heterocycles. The Morgan fingerprint density at radius 2 is 2.12 bits per heavy atom. The molecule has 2 nitrogen and oxygen atoms in total. The van der Waals surface area contributed by atoms with Crippen LogP contribution in [0.15, 0.2) is 29.2 Å². The lowest BCUT2D eigenvalue weighted by atomic mass is 10.1. The lowest BCUT2D eigenvalue weighted by Crippen LogP contribution is -2.43. The van der Waals surface area contributed by atoms with Crippen LogP contribution in [-0.4, -0.2) is 24.9 Å². The summed E-state index contributed by atoms with van der Waals surface area (Å²) in [5.74, 6) is -2.38. The highest BCUT2D eigenvalue weighted by Gasteiger charge is 2.20. The molecule has 1 heterocycles. The highest BCUT2D eigenvalue weighted by atomic mass is 32.2. The van der Waals surface area contributed by atoms with E-state index in [0.29, 0.717) is 16.7 Å². The fraction of sp³-hybridized carbons (Fsp3) is 0.500. The van der Waals surface area contributed by atoms with Gasteiger partial charge in [0.2, 0.25) is 0 Å². The van der Waals surface area contributed by atoms with Crippen LogP contribution in [0.5, 0.6) is 0 Å². The number of para-hydroxylation sites is 1. The number of rotatable bonds is 3. The van der Waals surface area contributed by atoms with E-state index in [2.05, 4.69) is 4.90 Å². The van der Waals surface area contributed by atoms with Crippen LogP contribution in [-0.2, 0) is 0 Å². The highest BCUT2D eigenvalue weighted by molar-refractivity contribution is 7.99. The third-order valence-electron chi connectivity index (χ3n) is 2.88. The topological polar surface area (TPSA) is 29.3 Å². The molecule has 0 amide bonds. The summed E-state index contributed by atoms with van der Waals surface area (Å²) in [6.45, 7) is 1.65. The van der Waals surface area contributed by atoms with Gasteiger partial charge in [-0.2, -0.15) is 8.78 Å². The van der Waals surface area contributed by atoms with Crippen molar-refractivity contribution in [1.82, 2.24) is 0 Å². The molecule has 1 unspecified atom stereocenters. The van der Waals surface area contributed by atoms with Crippen molar-refractivity contribution < 1.29 is 8.78 Å². The average Bonchev–Trinajstić information content (AvgIpc) is 2.29. The molecular weight excluding hydrogens is 242 g/mol. The number of hydrogen-bond donors (Lipinski definition) is 1. The first kappa shape index (κ1) is 12.6. The van der Waals surface area contributed by atoms with Crippen LogP contribution in [0.2, 0.25) is 0 Å². The van der Waals surface area contributed by atoms with E-state index in [1.54, 1.807) is 12.1 Å². The second-order valence-corrected chi connectivity index (χ2v) is 5.23. The van der Waals surface area contributed by atoms with Gasteiger partial charge < -0.3 is 10.6 Å². The van der Waals surface area contributed by atoms with Crippen molar-refractivity contribution in [2.75, 3.05) is 18.0 Å². The molecule has 0 bridgehead atoms. The van der Waals surface area contributed by atoms with Gasteiger partial charge in [0.1, 0.15) is 0 Å². The molecule has 17 heavy (non-hydrogen) atoms. The Morgan fingerprint density at radius 1 is 1.35 bits per heavy atom. The first-order valence-electron chi connectivity index (χ1n) is 5.71. The third-order valence-corrected chi connectivity index (χ3v) is 3.66. The van der Waals surface area contributed by atoms with Crippen molar-refractivity contribution in [3.63, 3.8) is 0 Å². The van der Waals surface area contributed by atoms with Gasteiger partial charge in [0.05, 0.1) is 5.69 Å². The first-order valence-corrected chi connectivity index (χ1v) is 6.59. The Morgan fingerprint density at radius 3 is 2.82 bits per heavy atom. The van der Waals surface area contributed by atoms with Crippen molar-refractivity contribution in [2.24, 2.45) is 5.73 Å². The Labute approximate surface area is 104 Å². The molecule has 1 aliphatic heterocycles. The van der Waals surface area contributed by atoms with Crippen LogP contribution in [0.25, 0.3) is 0 Å². The van der Waals surface area contributed by atoms with Crippen LogP contribution in [0.1, 0.15) is 12.8 Å². The van der Waals surface area contributed by atoms with E-state index in [1.807, 2.05) is 12.1 Å². The molecule has 1 fully saturated rings. The van der Waals surface area contributed by atoms with E-state index < -0.39 is 5.76 Å². The molecule has 2 rings (SSSR count). The maximum Gasteiger partial charge on any atom is 0.288 e. The molecule has 94 valence electrons. The largest absolute Gasteiger partial charge is 0.369 e. The Bertz CT molecular complexity index is 373. The number of halogens is 2. The number of hydrogen-bond acceptors (Lipinski definition) is 3. The standard InChI is InChI=1S/C12H16F2N2S/c13-12(14)17-11-6-2-1-5-10(11)16-7-3-4-9(15)8-16/h1-2,5-6,9,12H,3-4,7-8,15H2. The first-order chi connectivity index (χ1) is 8.16. The van der Waals surface area contributed by atoms with Gasteiger partial charge in [-0.15, -0.1) is 0 Å². The van der Waals surface area contributed by atoms with Gasteiger partial charge in [0.15, 0.2) is 0 Å². The normalized spacial score (nSPS) is 20.9. The van der Waals surface area contributed by atoms with Gasteiger partial charge in [-0.05, 0) is 25.0 Å². The Balaban J connectivity index is 2.18. The van der Waals surface area contributed by atoms with Gasteiger partial charge in [0, 0.05) is 24.0 Å². The Hall–Kier alpha value is -0.810. The quantitative estimate of drug-likeness (QED) is 0.845. The second-order valence-electron chi connectivity index (χ2n) is 4.19. The van der Waals surface area contributed by atoms with E-state index in [0.717, 1.165) is 31.6 Å². The van der Waals surface area contributed by atoms with Crippen molar-refractivity contribution in [1.29, 1.82) is 0 Å². The minimum absolute atomic E-state index is 0.147. The molecule has 0 spiro atoms. The molecule has 1 aliphatic rings. The molecule has 0 radical (unpaired) electrons. The van der Waals surface area contributed by atoms with Gasteiger partial charge in [0.25, 0.3) is 5.76 Å². The van der Waals surface area contributed by atoms with Crippen molar-refractivity contribution in [2.45, 2.75) is 29.5 Å². The lowest BCUT2D eigenvalue weighted by molar-refractivity contribution is 0.252. The minimum Gasteiger partial charge on any atom is -0.369 e. The maximum absolute atomic E-state index is 12.5. The third kappa shape index (κ3) is 3.33. The zero-order chi connectivity index (χ0) is 12.3. The summed E-state index contributed by atoms with van der Waals surface area (Å²) in [4.78, 5) is 2.75. The summed E-state index contributed by atoms with van der Waals surface area (Å²) in [5.41, 5.74) is 6.80. The summed E-state index contributed by atoms with van der Waals surface area (Å²) in [6.07, 6.45) is 2.04. The summed E-state index contributed by atoms with van der Waals surface area (Å²) < 4.78 is 24.9. The van der Waals surface area contributed by atoms with E-state index in [-0.39, 0.29) is 6.04 Å². The molecule has 1 aromatic rings. The zero-order valence-electron chi connectivity index (χ0n) is 9.48. The fourth-order valence-electron chi connectivity index (χ4n) is 2.14. The van der Waals surface area contributed by atoms with E-state index >= 15 is 0 Å². The number of alkyl halides is 2. The number of nitrogens with zero attached hydrogens (tertiary/aromatic N) is 1. The van der Waals surface area contributed by atoms with Gasteiger partial charge in [-0.1, -0.05) is 23.9 Å². The molecule has 5 heteroatoms. The summed E-state index contributed by atoms with van der Waals surface area (Å²) in [6, 6.07) is 7.45. The van der Waals surface area contributed by atoms with Crippen LogP contribution < -0.4 is 10.6 Å². The smallest absolute Gasteiger partial charge is 0.288 e. The zero-order valence-corrected chi connectivity index (χ0v) is 10.3. The van der Waals surface area contributed by atoms with Gasteiger partial charge in [-0.3, -0.25) is 0 Å². The van der Waals surface area contributed by atoms with Crippen LogP contribution >= 0.6 is 11.8 Å². The number of anilines is 1. The Kier molecular flexibility index (Phi) is 4.23. The predicted octanol–water partition coefficient (Wildman–Crippen LogP) is 2.93. The van der Waals surface area contributed by atoms with Crippen LogP contribution in [0.4, 0.5) is 14.5 Å². The summed E-state index contributed by atoms with van der Waals surface area (Å²) in [5, 5.41) is 0. The summed E-state index contributed by atoms with van der Waals surface area (Å²) >= 11 is 0.604.